The highest BCUT2D eigenvalue weighted by Crippen LogP contribution is 2.34. The fourth-order valence-corrected chi connectivity index (χ4v) is 2.99. The van der Waals surface area contributed by atoms with Crippen LogP contribution in [0.3, 0.4) is 0 Å². The van der Waals surface area contributed by atoms with Crippen LogP contribution in [0.1, 0.15) is 36.3 Å². The first-order valence-corrected chi connectivity index (χ1v) is 6.93. The smallest absolute Gasteiger partial charge is 0.227 e. The van der Waals surface area contributed by atoms with Crippen molar-refractivity contribution >= 4 is 18.3 Å². The third kappa shape index (κ3) is 3.10. The van der Waals surface area contributed by atoms with Crippen LogP contribution in [-0.2, 0) is 11.2 Å². The number of carbonyl (C=O) groups is 1. The second-order valence-corrected chi connectivity index (χ2v) is 5.33. The molecule has 1 aliphatic heterocycles. The van der Waals surface area contributed by atoms with Gasteiger partial charge in [0.15, 0.2) is 0 Å². The number of amides is 1. The van der Waals surface area contributed by atoms with E-state index in [1.807, 2.05) is 12.1 Å². The van der Waals surface area contributed by atoms with Gasteiger partial charge in [0, 0.05) is 12.6 Å². The molecular weight excluding hydrogens is 260 g/mol. The average molecular weight is 281 g/mol. The Morgan fingerprint density at radius 1 is 1.37 bits per heavy atom. The summed E-state index contributed by atoms with van der Waals surface area (Å²) >= 11 is 0. The zero-order valence-electron chi connectivity index (χ0n) is 11.0. The largest absolute Gasteiger partial charge is 0.356 e. The predicted molar refractivity (Wildman–Crippen MR) is 78.8 cm³/mol. The van der Waals surface area contributed by atoms with Gasteiger partial charge in [-0.3, -0.25) is 4.79 Å². The van der Waals surface area contributed by atoms with E-state index in [2.05, 4.69) is 22.8 Å². The summed E-state index contributed by atoms with van der Waals surface area (Å²) in [6, 6.07) is 8.85. The summed E-state index contributed by atoms with van der Waals surface area (Å²) in [6.45, 7) is 1.93. The number of carbonyl (C=O) groups excluding carboxylic acids is 1. The van der Waals surface area contributed by atoms with Crippen molar-refractivity contribution in [2.75, 3.05) is 13.1 Å². The van der Waals surface area contributed by atoms with Gasteiger partial charge in [-0.05, 0) is 43.4 Å². The van der Waals surface area contributed by atoms with Gasteiger partial charge in [0.2, 0.25) is 5.91 Å². The second kappa shape index (κ2) is 6.40. The van der Waals surface area contributed by atoms with Gasteiger partial charge >= 0.3 is 0 Å². The Hall–Kier alpha value is -1.06. The summed E-state index contributed by atoms with van der Waals surface area (Å²) < 4.78 is 0. The van der Waals surface area contributed by atoms with Gasteiger partial charge in [-0.15, -0.1) is 12.4 Å². The lowest BCUT2D eigenvalue weighted by molar-refractivity contribution is -0.123. The molecule has 2 aliphatic rings. The SMILES string of the molecule is Cl.O=C(NCC[C@H]1CCCN1)C1Cc2ccccc21. The van der Waals surface area contributed by atoms with Crippen LogP contribution in [0.4, 0.5) is 0 Å². The molecule has 104 valence electrons. The maximum Gasteiger partial charge on any atom is 0.227 e. The predicted octanol–water partition coefficient (Wildman–Crippen LogP) is 2.01. The molecule has 2 N–H and O–H groups in total. The normalized spacial score (nSPS) is 24.0. The molecule has 0 aromatic heterocycles. The van der Waals surface area contributed by atoms with Crippen molar-refractivity contribution in [3.05, 3.63) is 35.4 Å². The average Bonchev–Trinajstić information content (AvgIpc) is 2.84. The molecule has 3 rings (SSSR count). The highest BCUT2D eigenvalue weighted by atomic mass is 35.5. The third-order valence-corrected chi connectivity index (χ3v) is 4.13. The Bertz CT molecular complexity index is 444. The minimum absolute atomic E-state index is 0. The van der Waals surface area contributed by atoms with Crippen LogP contribution >= 0.6 is 12.4 Å². The van der Waals surface area contributed by atoms with Crippen molar-refractivity contribution in [1.29, 1.82) is 0 Å². The van der Waals surface area contributed by atoms with Crippen LogP contribution in [0.2, 0.25) is 0 Å². The molecule has 1 aliphatic carbocycles. The van der Waals surface area contributed by atoms with Gasteiger partial charge in [0.25, 0.3) is 0 Å². The van der Waals surface area contributed by atoms with Gasteiger partial charge < -0.3 is 10.6 Å². The van der Waals surface area contributed by atoms with Crippen molar-refractivity contribution in [2.24, 2.45) is 0 Å². The van der Waals surface area contributed by atoms with Crippen LogP contribution in [-0.4, -0.2) is 25.0 Å². The van der Waals surface area contributed by atoms with E-state index >= 15 is 0 Å². The Kier molecular flexibility index (Phi) is 4.83. The van der Waals surface area contributed by atoms with Crippen LogP contribution in [0.25, 0.3) is 0 Å². The van der Waals surface area contributed by atoms with E-state index in [4.69, 9.17) is 0 Å². The number of nitrogens with one attached hydrogen (secondary N) is 2. The topological polar surface area (TPSA) is 41.1 Å². The van der Waals surface area contributed by atoms with Crippen molar-refractivity contribution in [3.63, 3.8) is 0 Å². The molecule has 0 bridgehead atoms. The lowest BCUT2D eigenvalue weighted by Gasteiger charge is -2.29. The van der Waals surface area contributed by atoms with Crippen LogP contribution < -0.4 is 10.6 Å². The molecule has 1 amide bonds. The molecule has 1 unspecified atom stereocenters. The van der Waals surface area contributed by atoms with E-state index in [0.717, 1.165) is 25.9 Å². The molecule has 0 saturated carbocycles. The summed E-state index contributed by atoms with van der Waals surface area (Å²) in [5.74, 6) is 0.296. The molecule has 3 nitrogen and oxygen atoms in total. The molecule has 0 spiro atoms. The quantitative estimate of drug-likeness (QED) is 0.886. The zero-order chi connectivity index (χ0) is 12.4. The molecule has 0 radical (unpaired) electrons. The zero-order valence-corrected chi connectivity index (χ0v) is 11.8. The van der Waals surface area contributed by atoms with E-state index in [1.54, 1.807) is 0 Å². The minimum atomic E-state index is 0. The molecule has 19 heavy (non-hydrogen) atoms. The number of fused-ring (bicyclic) bond motifs is 1. The highest BCUT2D eigenvalue weighted by molar-refractivity contribution is 5.86. The van der Waals surface area contributed by atoms with E-state index < -0.39 is 0 Å². The van der Waals surface area contributed by atoms with Crippen LogP contribution in [0.15, 0.2) is 24.3 Å². The lowest BCUT2D eigenvalue weighted by atomic mass is 9.77. The molecule has 1 saturated heterocycles. The van der Waals surface area contributed by atoms with Crippen molar-refractivity contribution in [2.45, 2.75) is 37.6 Å². The molecule has 1 aromatic carbocycles. The molecule has 4 heteroatoms. The molecule has 1 heterocycles. The number of rotatable bonds is 4. The lowest BCUT2D eigenvalue weighted by Crippen LogP contribution is -2.37. The maximum atomic E-state index is 12.0. The molecule has 2 atom stereocenters. The van der Waals surface area contributed by atoms with Crippen molar-refractivity contribution < 1.29 is 4.79 Å². The highest BCUT2D eigenvalue weighted by Gasteiger charge is 2.31. The Balaban J connectivity index is 0.00000133. The van der Waals surface area contributed by atoms with Crippen molar-refractivity contribution in [3.8, 4) is 0 Å². The van der Waals surface area contributed by atoms with Gasteiger partial charge in [-0.25, -0.2) is 0 Å². The fraction of sp³-hybridized carbons (Fsp3) is 0.533. The summed E-state index contributed by atoms with van der Waals surface area (Å²) in [5, 5.41) is 6.53. The van der Waals surface area contributed by atoms with E-state index in [1.165, 1.54) is 24.0 Å². The van der Waals surface area contributed by atoms with Gasteiger partial charge in [0.1, 0.15) is 0 Å². The first-order chi connectivity index (χ1) is 8.84. The van der Waals surface area contributed by atoms with Crippen LogP contribution in [0, 0.1) is 0 Å². The first-order valence-electron chi connectivity index (χ1n) is 6.93. The molecule has 1 fully saturated rings. The minimum Gasteiger partial charge on any atom is -0.356 e. The number of benzene rings is 1. The third-order valence-electron chi connectivity index (χ3n) is 4.13. The van der Waals surface area contributed by atoms with E-state index in [9.17, 15) is 4.79 Å². The Labute approximate surface area is 120 Å². The molecule has 1 aromatic rings. The Morgan fingerprint density at radius 3 is 2.95 bits per heavy atom. The monoisotopic (exact) mass is 280 g/mol. The van der Waals surface area contributed by atoms with E-state index in [0.29, 0.717) is 6.04 Å². The number of hydrogen-bond acceptors (Lipinski definition) is 2. The second-order valence-electron chi connectivity index (χ2n) is 5.33. The summed E-state index contributed by atoms with van der Waals surface area (Å²) in [6.07, 6.45) is 4.49. The summed E-state index contributed by atoms with van der Waals surface area (Å²) in [7, 11) is 0. The number of halogens is 1. The van der Waals surface area contributed by atoms with Gasteiger partial charge in [-0.2, -0.15) is 0 Å². The molecular formula is C15H21ClN2O. The number of hydrogen-bond donors (Lipinski definition) is 2. The standard InChI is InChI=1S/C15H20N2O.ClH/c18-15(17-9-7-12-5-3-8-16-12)14-10-11-4-1-2-6-13(11)14;/h1-2,4,6,12,14,16H,3,5,7-10H2,(H,17,18);1H/t12-,14?;/m1./s1. The van der Waals surface area contributed by atoms with Crippen LogP contribution in [0.5, 0.6) is 0 Å². The van der Waals surface area contributed by atoms with Gasteiger partial charge in [0.05, 0.1) is 5.92 Å². The fourth-order valence-electron chi connectivity index (χ4n) is 2.99. The first kappa shape index (κ1) is 14.4. The summed E-state index contributed by atoms with van der Waals surface area (Å²) in [4.78, 5) is 12.0. The summed E-state index contributed by atoms with van der Waals surface area (Å²) in [5.41, 5.74) is 2.55. The van der Waals surface area contributed by atoms with Gasteiger partial charge in [-0.1, -0.05) is 24.3 Å². The Morgan fingerprint density at radius 2 is 2.21 bits per heavy atom. The maximum absolute atomic E-state index is 12.0. The van der Waals surface area contributed by atoms with E-state index in [-0.39, 0.29) is 24.2 Å². The van der Waals surface area contributed by atoms with Crippen molar-refractivity contribution in [1.82, 2.24) is 10.6 Å².